The van der Waals surface area contributed by atoms with Crippen molar-refractivity contribution in [3.05, 3.63) is 65.0 Å². The molecule has 0 aliphatic carbocycles. The second-order valence-corrected chi connectivity index (χ2v) is 4.63. The van der Waals surface area contributed by atoms with E-state index in [2.05, 4.69) is 0 Å². The largest absolute Gasteiger partial charge is 0.399 e. The summed E-state index contributed by atoms with van der Waals surface area (Å²) in [6, 6.07) is 12.0. The van der Waals surface area contributed by atoms with Crippen molar-refractivity contribution in [2.24, 2.45) is 0 Å². The van der Waals surface area contributed by atoms with E-state index in [1.165, 1.54) is 12.1 Å². The number of aryl methyl sites for hydroxylation is 2. The molecule has 2 aromatic rings. The summed E-state index contributed by atoms with van der Waals surface area (Å²) in [5.74, 6) is -0.266. The Bertz CT molecular complexity index is 607. The molecule has 0 saturated carbocycles. The SMILES string of the molecule is Cc1cc(C(=O)CCc2cccc(N)c2)ccc1F. The van der Waals surface area contributed by atoms with Gasteiger partial charge in [-0.25, -0.2) is 4.39 Å². The number of hydrogen-bond donors (Lipinski definition) is 1. The number of rotatable bonds is 4. The van der Waals surface area contributed by atoms with Gasteiger partial charge in [0.1, 0.15) is 5.82 Å². The van der Waals surface area contributed by atoms with Crippen LogP contribution in [-0.2, 0) is 6.42 Å². The molecule has 0 unspecified atom stereocenters. The number of carbonyl (C=O) groups is 1. The predicted octanol–water partition coefficient (Wildman–Crippen LogP) is 3.53. The van der Waals surface area contributed by atoms with Crippen LogP contribution in [0.3, 0.4) is 0 Å². The fraction of sp³-hybridized carbons (Fsp3) is 0.188. The Labute approximate surface area is 112 Å². The number of Topliss-reactive ketones (excluding diaryl/α,β-unsaturated/α-hetero) is 1. The van der Waals surface area contributed by atoms with Crippen LogP contribution in [-0.4, -0.2) is 5.78 Å². The van der Waals surface area contributed by atoms with Gasteiger partial charge in [0.2, 0.25) is 0 Å². The molecule has 98 valence electrons. The van der Waals surface area contributed by atoms with Gasteiger partial charge in [-0.3, -0.25) is 4.79 Å². The highest BCUT2D eigenvalue weighted by Gasteiger charge is 2.08. The second-order valence-electron chi connectivity index (χ2n) is 4.63. The maximum absolute atomic E-state index is 13.1. The van der Waals surface area contributed by atoms with Gasteiger partial charge >= 0.3 is 0 Å². The zero-order valence-corrected chi connectivity index (χ0v) is 10.8. The Balaban J connectivity index is 2.03. The molecule has 0 saturated heterocycles. The van der Waals surface area contributed by atoms with Crippen LogP contribution in [0.4, 0.5) is 10.1 Å². The van der Waals surface area contributed by atoms with Crippen LogP contribution in [0, 0.1) is 12.7 Å². The van der Waals surface area contributed by atoms with Crippen LogP contribution in [0.5, 0.6) is 0 Å². The third-order valence-corrected chi connectivity index (χ3v) is 3.07. The number of carbonyl (C=O) groups excluding carboxylic acids is 1. The molecule has 0 atom stereocenters. The lowest BCUT2D eigenvalue weighted by atomic mass is 10.0. The molecule has 0 bridgehead atoms. The molecule has 3 heteroatoms. The van der Waals surface area contributed by atoms with Crippen molar-refractivity contribution in [2.75, 3.05) is 5.73 Å². The van der Waals surface area contributed by atoms with E-state index in [1.54, 1.807) is 13.0 Å². The number of hydrogen-bond acceptors (Lipinski definition) is 2. The average Bonchev–Trinajstić information content (AvgIpc) is 2.39. The van der Waals surface area contributed by atoms with E-state index in [4.69, 9.17) is 5.73 Å². The van der Waals surface area contributed by atoms with Gasteiger partial charge in [0, 0.05) is 17.7 Å². The van der Waals surface area contributed by atoms with Crippen LogP contribution >= 0.6 is 0 Å². The first-order chi connectivity index (χ1) is 9.06. The van der Waals surface area contributed by atoms with E-state index in [0.717, 1.165) is 5.56 Å². The molecule has 19 heavy (non-hydrogen) atoms. The van der Waals surface area contributed by atoms with E-state index >= 15 is 0 Å². The molecule has 0 radical (unpaired) electrons. The minimum absolute atomic E-state index is 0.0190. The third kappa shape index (κ3) is 3.41. The Kier molecular flexibility index (Phi) is 3.95. The van der Waals surface area contributed by atoms with Crippen LogP contribution in [0.25, 0.3) is 0 Å². The van der Waals surface area contributed by atoms with E-state index < -0.39 is 0 Å². The molecule has 0 aliphatic rings. The van der Waals surface area contributed by atoms with Gasteiger partial charge in [0.05, 0.1) is 0 Å². The van der Waals surface area contributed by atoms with Crippen LogP contribution in [0.1, 0.15) is 27.9 Å². The van der Waals surface area contributed by atoms with Crippen molar-refractivity contribution < 1.29 is 9.18 Å². The molecule has 0 amide bonds. The van der Waals surface area contributed by atoms with E-state index in [1.807, 2.05) is 24.3 Å². The first kappa shape index (κ1) is 13.3. The highest BCUT2D eigenvalue weighted by atomic mass is 19.1. The zero-order valence-electron chi connectivity index (χ0n) is 10.8. The van der Waals surface area contributed by atoms with Gasteiger partial charge in [0.25, 0.3) is 0 Å². The fourth-order valence-corrected chi connectivity index (χ4v) is 1.97. The zero-order chi connectivity index (χ0) is 13.8. The lowest BCUT2D eigenvalue weighted by Crippen LogP contribution is -2.02. The summed E-state index contributed by atoms with van der Waals surface area (Å²) in [4.78, 5) is 12.0. The van der Waals surface area contributed by atoms with Crippen LogP contribution in [0.15, 0.2) is 42.5 Å². The molecule has 0 aliphatic heterocycles. The fourth-order valence-electron chi connectivity index (χ4n) is 1.97. The van der Waals surface area contributed by atoms with Gasteiger partial charge in [-0.15, -0.1) is 0 Å². The maximum atomic E-state index is 13.1. The summed E-state index contributed by atoms with van der Waals surface area (Å²) in [6.07, 6.45) is 1.04. The summed E-state index contributed by atoms with van der Waals surface area (Å²) in [5, 5.41) is 0. The van der Waals surface area contributed by atoms with Crippen molar-refractivity contribution in [3.63, 3.8) is 0 Å². The monoisotopic (exact) mass is 257 g/mol. The number of benzene rings is 2. The number of nitrogen functional groups attached to an aromatic ring is 1. The quantitative estimate of drug-likeness (QED) is 0.672. The highest BCUT2D eigenvalue weighted by Crippen LogP contribution is 2.14. The Morgan fingerprint density at radius 3 is 2.68 bits per heavy atom. The van der Waals surface area contributed by atoms with Crippen molar-refractivity contribution >= 4 is 11.5 Å². The topological polar surface area (TPSA) is 43.1 Å². The van der Waals surface area contributed by atoms with Crippen molar-refractivity contribution in [3.8, 4) is 0 Å². The third-order valence-electron chi connectivity index (χ3n) is 3.07. The number of halogens is 1. The smallest absolute Gasteiger partial charge is 0.163 e. The summed E-state index contributed by atoms with van der Waals surface area (Å²) < 4.78 is 13.1. The standard InChI is InChI=1S/C16H16FNO/c1-11-9-13(6-7-15(11)17)16(19)8-5-12-3-2-4-14(18)10-12/h2-4,6-7,9-10H,5,8,18H2,1H3. The Hall–Kier alpha value is -2.16. The summed E-state index contributed by atoms with van der Waals surface area (Å²) in [6.45, 7) is 1.66. The van der Waals surface area contributed by atoms with Gasteiger partial charge in [-0.05, 0) is 54.8 Å². The lowest BCUT2D eigenvalue weighted by molar-refractivity contribution is 0.0982. The van der Waals surface area contributed by atoms with Gasteiger partial charge in [-0.2, -0.15) is 0 Å². The van der Waals surface area contributed by atoms with Gasteiger partial charge in [0.15, 0.2) is 5.78 Å². The molecule has 0 heterocycles. The predicted molar refractivity (Wildman–Crippen MR) is 74.6 cm³/mol. The number of anilines is 1. The molecule has 0 spiro atoms. The first-order valence-corrected chi connectivity index (χ1v) is 6.20. The maximum Gasteiger partial charge on any atom is 0.163 e. The molecule has 2 nitrogen and oxygen atoms in total. The minimum Gasteiger partial charge on any atom is -0.399 e. The van der Waals surface area contributed by atoms with Crippen molar-refractivity contribution in [1.82, 2.24) is 0 Å². The second kappa shape index (κ2) is 5.65. The molecule has 2 rings (SSSR count). The molecular weight excluding hydrogens is 241 g/mol. The molecule has 2 N–H and O–H groups in total. The van der Waals surface area contributed by atoms with E-state index in [-0.39, 0.29) is 11.6 Å². The minimum atomic E-state index is -0.285. The summed E-state index contributed by atoms with van der Waals surface area (Å²) >= 11 is 0. The molecule has 0 aromatic heterocycles. The molecule has 2 aromatic carbocycles. The van der Waals surface area contributed by atoms with Crippen LogP contribution < -0.4 is 5.73 Å². The lowest BCUT2D eigenvalue weighted by Gasteiger charge is -2.04. The van der Waals surface area contributed by atoms with Crippen molar-refractivity contribution in [1.29, 1.82) is 0 Å². The van der Waals surface area contributed by atoms with Gasteiger partial charge < -0.3 is 5.73 Å². The average molecular weight is 257 g/mol. The Morgan fingerprint density at radius 1 is 1.21 bits per heavy atom. The molecular formula is C16H16FNO. The normalized spacial score (nSPS) is 10.4. The van der Waals surface area contributed by atoms with E-state index in [0.29, 0.717) is 29.7 Å². The van der Waals surface area contributed by atoms with Gasteiger partial charge in [-0.1, -0.05) is 12.1 Å². The van der Waals surface area contributed by atoms with Crippen LogP contribution in [0.2, 0.25) is 0 Å². The Morgan fingerprint density at radius 2 is 2.00 bits per heavy atom. The molecule has 0 fully saturated rings. The summed E-state index contributed by atoms with van der Waals surface area (Å²) in [5.41, 5.74) is 8.47. The summed E-state index contributed by atoms with van der Waals surface area (Å²) in [7, 11) is 0. The van der Waals surface area contributed by atoms with E-state index in [9.17, 15) is 9.18 Å². The first-order valence-electron chi connectivity index (χ1n) is 6.20. The number of nitrogens with two attached hydrogens (primary N) is 1. The highest BCUT2D eigenvalue weighted by molar-refractivity contribution is 5.96. The number of ketones is 1. The van der Waals surface area contributed by atoms with Crippen molar-refractivity contribution in [2.45, 2.75) is 19.8 Å².